The molecule has 110 valence electrons. The molecule has 5 heteroatoms. The van der Waals surface area contributed by atoms with Gasteiger partial charge in [0.05, 0.1) is 17.8 Å². The first-order chi connectivity index (χ1) is 9.59. The third-order valence-corrected chi connectivity index (χ3v) is 3.88. The van der Waals surface area contributed by atoms with Crippen LogP contribution in [-0.2, 0) is 6.54 Å². The number of carbonyl (C=O) groups excluding carboxylic acids is 1. The van der Waals surface area contributed by atoms with Crippen molar-refractivity contribution in [1.82, 2.24) is 14.7 Å². The summed E-state index contributed by atoms with van der Waals surface area (Å²) in [6.45, 7) is 1.51. The molecule has 0 saturated carbocycles. The van der Waals surface area contributed by atoms with Crippen LogP contribution in [0.2, 0.25) is 5.02 Å². The van der Waals surface area contributed by atoms with Crippen LogP contribution in [0.1, 0.15) is 42.6 Å². The molecule has 1 aromatic rings. The fourth-order valence-corrected chi connectivity index (χ4v) is 2.65. The smallest absolute Gasteiger partial charge is 0.208 e. The summed E-state index contributed by atoms with van der Waals surface area (Å²) in [6, 6.07) is 0. The van der Waals surface area contributed by atoms with E-state index in [1.165, 1.54) is 12.8 Å². The van der Waals surface area contributed by atoms with Crippen LogP contribution in [0, 0.1) is 0 Å². The van der Waals surface area contributed by atoms with Gasteiger partial charge in [0.1, 0.15) is 5.69 Å². The third kappa shape index (κ3) is 3.70. The number of Topliss-reactive ketones (excluding diaryl/α,β-unsaturated/α-hetero) is 1. The van der Waals surface area contributed by atoms with Crippen LogP contribution in [0.15, 0.2) is 17.8 Å². The second kappa shape index (κ2) is 7.04. The van der Waals surface area contributed by atoms with Gasteiger partial charge in [-0.3, -0.25) is 9.48 Å². The SMILES string of the molecule is CN(C)CCn1ncc(Cl)c1C(=O)C1=CCCCCC1. The quantitative estimate of drug-likeness (QED) is 0.783. The third-order valence-electron chi connectivity index (χ3n) is 3.60. The van der Waals surface area contributed by atoms with Gasteiger partial charge in [-0.25, -0.2) is 0 Å². The number of rotatable bonds is 5. The van der Waals surface area contributed by atoms with Gasteiger partial charge < -0.3 is 4.90 Å². The van der Waals surface area contributed by atoms with Crippen LogP contribution in [0.3, 0.4) is 0 Å². The summed E-state index contributed by atoms with van der Waals surface area (Å²) in [5.74, 6) is 0.0492. The molecule has 0 atom stereocenters. The Morgan fingerprint density at radius 1 is 1.40 bits per heavy atom. The Morgan fingerprint density at radius 2 is 2.20 bits per heavy atom. The van der Waals surface area contributed by atoms with Crippen molar-refractivity contribution in [1.29, 1.82) is 0 Å². The lowest BCUT2D eigenvalue weighted by molar-refractivity contribution is 0.102. The molecule has 0 spiro atoms. The van der Waals surface area contributed by atoms with Gasteiger partial charge in [-0.2, -0.15) is 5.10 Å². The predicted octanol–water partition coefficient (Wildman–Crippen LogP) is 3.17. The Balaban J connectivity index is 2.20. The molecule has 0 aromatic carbocycles. The lowest BCUT2D eigenvalue weighted by Crippen LogP contribution is -2.22. The first-order valence-corrected chi connectivity index (χ1v) is 7.57. The van der Waals surface area contributed by atoms with Gasteiger partial charge in [-0.1, -0.05) is 24.1 Å². The maximum absolute atomic E-state index is 12.7. The van der Waals surface area contributed by atoms with E-state index in [-0.39, 0.29) is 5.78 Å². The molecule has 2 rings (SSSR count). The summed E-state index contributed by atoms with van der Waals surface area (Å²) < 4.78 is 1.73. The van der Waals surface area contributed by atoms with Gasteiger partial charge in [-0.15, -0.1) is 0 Å². The van der Waals surface area contributed by atoms with Gasteiger partial charge in [-0.05, 0) is 45.4 Å². The van der Waals surface area contributed by atoms with Gasteiger partial charge in [0.15, 0.2) is 0 Å². The summed E-state index contributed by atoms with van der Waals surface area (Å²) in [7, 11) is 4.00. The number of likely N-dealkylation sites (N-methyl/N-ethyl adjacent to an activating group) is 1. The van der Waals surface area contributed by atoms with E-state index >= 15 is 0 Å². The Bertz CT molecular complexity index is 505. The van der Waals surface area contributed by atoms with Crippen molar-refractivity contribution >= 4 is 17.4 Å². The number of allylic oxidation sites excluding steroid dienone is 2. The van der Waals surface area contributed by atoms with Crippen LogP contribution >= 0.6 is 11.6 Å². The molecule has 20 heavy (non-hydrogen) atoms. The van der Waals surface area contributed by atoms with Crippen molar-refractivity contribution < 1.29 is 4.79 Å². The number of aromatic nitrogens is 2. The Hall–Kier alpha value is -1.13. The molecule has 0 radical (unpaired) electrons. The van der Waals surface area contributed by atoms with E-state index in [4.69, 9.17) is 11.6 Å². The Labute approximate surface area is 125 Å². The molecule has 1 aromatic heterocycles. The van der Waals surface area contributed by atoms with E-state index < -0.39 is 0 Å². The van der Waals surface area contributed by atoms with Crippen LogP contribution in [-0.4, -0.2) is 41.1 Å². The summed E-state index contributed by atoms with van der Waals surface area (Å²) in [5, 5.41) is 4.69. The summed E-state index contributed by atoms with van der Waals surface area (Å²) in [4.78, 5) is 14.7. The molecule has 0 aliphatic heterocycles. The van der Waals surface area contributed by atoms with Gasteiger partial charge in [0.2, 0.25) is 5.78 Å². The molecule has 0 N–H and O–H groups in total. The fraction of sp³-hybridized carbons (Fsp3) is 0.600. The van der Waals surface area contributed by atoms with Crippen LogP contribution < -0.4 is 0 Å². The van der Waals surface area contributed by atoms with Crippen molar-refractivity contribution in [2.45, 2.75) is 38.6 Å². The maximum atomic E-state index is 12.7. The standard InChI is InChI=1S/C15H22ClN3O/c1-18(2)9-10-19-14(13(16)11-17-19)15(20)12-7-5-3-4-6-8-12/h7,11H,3-6,8-10H2,1-2H3. The van der Waals surface area contributed by atoms with Crippen LogP contribution in [0.4, 0.5) is 0 Å². The topological polar surface area (TPSA) is 38.1 Å². The van der Waals surface area contributed by atoms with E-state index in [0.717, 1.165) is 31.4 Å². The first-order valence-electron chi connectivity index (χ1n) is 7.19. The highest BCUT2D eigenvalue weighted by Gasteiger charge is 2.21. The molecule has 0 unspecified atom stereocenters. The van der Waals surface area contributed by atoms with Gasteiger partial charge >= 0.3 is 0 Å². The Kier molecular flexibility index (Phi) is 5.38. The van der Waals surface area contributed by atoms with Crippen molar-refractivity contribution in [2.24, 2.45) is 0 Å². The highest BCUT2D eigenvalue weighted by molar-refractivity contribution is 6.34. The zero-order valence-corrected chi connectivity index (χ0v) is 13.0. The fourth-order valence-electron chi connectivity index (χ4n) is 2.43. The molecule has 0 bridgehead atoms. The molecule has 0 saturated heterocycles. The molecule has 1 heterocycles. The average molecular weight is 296 g/mol. The van der Waals surface area contributed by atoms with E-state index in [0.29, 0.717) is 17.3 Å². The van der Waals surface area contributed by atoms with Crippen molar-refractivity contribution in [3.8, 4) is 0 Å². The lowest BCUT2D eigenvalue weighted by atomic mass is 10.0. The van der Waals surface area contributed by atoms with Gasteiger partial charge in [0.25, 0.3) is 0 Å². The van der Waals surface area contributed by atoms with Gasteiger partial charge in [0, 0.05) is 6.54 Å². The van der Waals surface area contributed by atoms with E-state index in [1.807, 2.05) is 14.1 Å². The lowest BCUT2D eigenvalue weighted by Gasteiger charge is -2.12. The first kappa shape index (κ1) is 15.3. The highest BCUT2D eigenvalue weighted by Crippen LogP contribution is 2.24. The maximum Gasteiger partial charge on any atom is 0.208 e. The number of halogens is 1. The molecule has 1 aliphatic rings. The van der Waals surface area contributed by atoms with E-state index in [1.54, 1.807) is 10.9 Å². The highest BCUT2D eigenvalue weighted by atomic mass is 35.5. The minimum atomic E-state index is 0.0492. The zero-order chi connectivity index (χ0) is 14.5. The normalized spacial score (nSPS) is 16.1. The summed E-state index contributed by atoms with van der Waals surface area (Å²) in [6.07, 6.45) is 8.95. The van der Waals surface area contributed by atoms with E-state index in [9.17, 15) is 4.79 Å². The predicted molar refractivity (Wildman–Crippen MR) is 81.3 cm³/mol. The monoisotopic (exact) mass is 295 g/mol. The molecule has 0 amide bonds. The number of ketones is 1. The largest absolute Gasteiger partial charge is 0.308 e. The van der Waals surface area contributed by atoms with Crippen LogP contribution in [0.25, 0.3) is 0 Å². The summed E-state index contributed by atoms with van der Waals surface area (Å²) in [5.41, 5.74) is 1.44. The molecule has 0 fully saturated rings. The summed E-state index contributed by atoms with van der Waals surface area (Å²) >= 11 is 6.17. The molecule has 1 aliphatic carbocycles. The zero-order valence-electron chi connectivity index (χ0n) is 12.2. The van der Waals surface area contributed by atoms with Crippen molar-refractivity contribution in [2.75, 3.05) is 20.6 Å². The van der Waals surface area contributed by atoms with Crippen LogP contribution in [0.5, 0.6) is 0 Å². The number of carbonyl (C=O) groups is 1. The number of hydrogen-bond donors (Lipinski definition) is 0. The second-order valence-electron chi connectivity index (χ2n) is 5.53. The van der Waals surface area contributed by atoms with Crippen molar-refractivity contribution in [3.05, 3.63) is 28.6 Å². The average Bonchev–Trinajstić information content (AvgIpc) is 2.64. The Morgan fingerprint density at radius 3 is 2.95 bits per heavy atom. The van der Waals surface area contributed by atoms with Crippen molar-refractivity contribution in [3.63, 3.8) is 0 Å². The van der Waals surface area contributed by atoms with E-state index in [2.05, 4.69) is 16.1 Å². The molecular formula is C15H22ClN3O. The second-order valence-corrected chi connectivity index (χ2v) is 5.93. The minimum Gasteiger partial charge on any atom is -0.308 e. The molecule has 4 nitrogen and oxygen atoms in total. The minimum absolute atomic E-state index is 0.0492. The number of hydrogen-bond acceptors (Lipinski definition) is 3. The number of nitrogens with zero attached hydrogens (tertiary/aromatic N) is 3. The molecular weight excluding hydrogens is 274 g/mol.